The van der Waals surface area contributed by atoms with E-state index in [1.807, 2.05) is 6.07 Å². The van der Waals surface area contributed by atoms with Crippen molar-refractivity contribution in [1.82, 2.24) is 4.98 Å². The van der Waals surface area contributed by atoms with Gasteiger partial charge in [-0.25, -0.2) is 4.98 Å². The summed E-state index contributed by atoms with van der Waals surface area (Å²) in [7, 11) is 0. The first-order valence-corrected chi connectivity index (χ1v) is 6.11. The quantitative estimate of drug-likeness (QED) is 0.864. The molecule has 0 radical (unpaired) electrons. The van der Waals surface area contributed by atoms with E-state index in [1.54, 1.807) is 6.20 Å². The molecule has 0 unspecified atom stereocenters. The molecule has 0 saturated heterocycles. The zero-order chi connectivity index (χ0) is 11.3. The minimum Gasteiger partial charge on any atom is -0.396 e. The van der Waals surface area contributed by atoms with E-state index in [9.17, 15) is 0 Å². The van der Waals surface area contributed by atoms with Gasteiger partial charge in [0.15, 0.2) is 0 Å². The third-order valence-corrected chi connectivity index (χ3v) is 3.03. The van der Waals surface area contributed by atoms with Crippen molar-refractivity contribution in [1.29, 1.82) is 0 Å². The zero-order valence-electron chi connectivity index (χ0n) is 9.26. The van der Waals surface area contributed by atoms with Crippen molar-refractivity contribution in [3.63, 3.8) is 0 Å². The number of nitrogens with two attached hydrogens (primary N) is 1. The summed E-state index contributed by atoms with van der Waals surface area (Å²) in [4.78, 5) is 4.24. The Hall–Kier alpha value is -0.770. The highest BCUT2D eigenvalue weighted by molar-refractivity contribution is 9.10. The molecule has 0 amide bonds. The van der Waals surface area contributed by atoms with Gasteiger partial charge in [0.1, 0.15) is 5.82 Å². The Labute approximate surface area is 99.6 Å². The molecular weight excluding hydrogens is 254 g/mol. The molecule has 1 rings (SSSR count). The smallest absolute Gasteiger partial charge is 0.149 e. The number of nitrogen functional groups attached to an aromatic ring is 1. The van der Waals surface area contributed by atoms with Crippen molar-refractivity contribution in [3.8, 4) is 0 Å². The van der Waals surface area contributed by atoms with Crippen LogP contribution in [0.15, 0.2) is 16.7 Å². The number of anilines is 2. The van der Waals surface area contributed by atoms with Gasteiger partial charge in [0.05, 0.1) is 5.69 Å². The topological polar surface area (TPSA) is 50.9 Å². The van der Waals surface area contributed by atoms with E-state index < -0.39 is 0 Å². The van der Waals surface area contributed by atoms with Crippen molar-refractivity contribution in [2.24, 2.45) is 5.92 Å². The Morgan fingerprint density at radius 2 is 2.13 bits per heavy atom. The molecule has 0 spiro atoms. The predicted molar refractivity (Wildman–Crippen MR) is 68.9 cm³/mol. The number of rotatable bonds is 5. The van der Waals surface area contributed by atoms with Crippen LogP contribution in [0.2, 0.25) is 0 Å². The minimum atomic E-state index is 0.690. The Morgan fingerprint density at radius 3 is 2.67 bits per heavy atom. The second-order valence-corrected chi connectivity index (χ2v) is 4.57. The van der Waals surface area contributed by atoms with Crippen LogP contribution in [0, 0.1) is 5.92 Å². The fourth-order valence-electron chi connectivity index (χ4n) is 1.42. The van der Waals surface area contributed by atoms with E-state index in [1.165, 1.54) is 12.8 Å². The summed E-state index contributed by atoms with van der Waals surface area (Å²) in [5.74, 6) is 1.47. The number of halogens is 1. The molecule has 3 nitrogen and oxygen atoms in total. The number of nitrogens with one attached hydrogen (secondary N) is 1. The van der Waals surface area contributed by atoms with E-state index in [0.29, 0.717) is 11.6 Å². The third-order valence-electron chi connectivity index (χ3n) is 2.60. The highest BCUT2D eigenvalue weighted by Crippen LogP contribution is 2.20. The molecule has 0 bridgehead atoms. The molecule has 1 aromatic heterocycles. The highest BCUT2D eigenvalue weighted by atomic mass is 79.9. The molecule has 0 aromatic carbocycles. The molecule has 0 saturated carbocycles. The van der Waals surface area contributed by atoms with E-state index in [2.05, 4.69) is 40.1 Å². The van der Waals surface area contributed by atoms with Crippen LogP contribution in [-0.2, 0) is 0 Å². The lowest BCUT2D eigenvalue weighted by Gasteiger charge is -2.14. The van der Waals surface area contributed by atoms with Crippen LogP contribution in [-0.4, -0.2) is 11.5 Å². The summed E-state index contributed by atoms with van der Waals surface area (Å²) in [5, 5.41) is 3.29. The Kier molecular flexibility index (Phi) is 4.88. The Bertz CT molecular complexity index is 311. The van der Waals surface area contributed by atoms with Gasteiger partial charge in [0.25, 0.3) is 0 Å². The summed E-state index contributed by atoms with van der Waals surface area (Å²) >= 11 is 3.33. The fourth-order valence-corrected chi connectivity index (χ4v) is 1.77. The van der Waals surface area contributed by atoms with Gasteiger partial charge in [-0.3, -0.25) is 0 Å². The third kappa shape index (κ3) is 3.70. The molecule has 1 aromatic rings. The normalized spacial score (nSPS) is 10.7. The van der Waals surface area contributed by atoms with Crippen LogP contribution in [0.25, 0.3) is 0 Å². The van der Waals surface area contributed by atoms with E-state index in [0.717, 1.165) is 16.8 Å². The SMILES string of the molecule is CCC(CC)CNc1ncc(Br)cc1N. The minimum absolute atomic E-state index is 0.690. The van der Waals surface area contributed by atoms with Crippen LogP contribution in [0.4, 0.5) is 11.5 Å². The molecule has 1 heterocycles. The lowest BCUT2D eigenvalue weighted by molar-refractivity contribution is 0.518. The molecule has 0 fully saturated rings. The van der Waals surface area contributed by atoms with Crippen LogP contribution in [0.3, 0.4) is 0 Å². The number of nitrogens with zero attached hydrogens (tertiary/aromatic N) is 1. The van der Waals surface area contributed by atoms with Crippen molar-refractivity contribution in [3.05, 3.63) is 16.7 Å². The molecule has 15 heavy (non-hydrogen) atoms. The zero-order valence-corrected chi connectivity index (χ0v) is 10.8. The fraction of sp³-hybridized carbons (Fsp3) is 0.545. The molecule has 4 heteroatoms. The summed E-state index contributed by atoms with van der Waals surface area (Å²) in [6.07, 6.45) is 4.12. The molecule has 3 N–H and O–H groups in total. The molecule has 0 aliphatic carbocycles. The van der Waals surface area contributed by atoms with Gasteiger partial charge >= 0.3 is 0 Å². The first-order chi connectivity index (χ1) is 7.17. The summed E-state index contributed by atoms with van der Waals surface area (Å²) in [6, 6.07) is 1.86. The number of aromatic nitrogens is 1. The van der Waals surface area contributed by atoms with Crippen LogP contribution in [0.1, 0.15) is 26.7 Å². The summed E-state index contributed by atoms with van der Waals surface area (Å²) in [5.41, 5.74) is 6.53. The highest BCUT2D eigenvalue weighted by Gasteiger charge is 2.05. The van der Waals surface area contributed by atoms with E-state index in [-0.39, 0.29) is 0 Å². The Balaban J connectivity index is 2.57. The molecular formula is C11H18BrN3. The van der Waals surface area contributed by atoms with Gasteiger partial charge in [-0.05, 0) is 27.9 Å². The lowest BCUT2D eigenvalue weighted by atomic mass is 10.0. The van der Waals surface area contributed by atoms with Gasteiger partial charge in [-0.1, -0.05) is 26.7 Å². The standard InChI is InChI=1S/C11H18BrN3/c1-3-8(4-2)6-14-11-10(13)5-9(12)7-15-11/h5,7-8H,3-4,6,13H2,1-2H3,(H,14,15). The van der Waals surface area contributed by atoms with Crippen LogP contribution < -0.4 is 11.1 Å². The average Bonchev–Trinajstić information content (AvgIpc) is 2.22. The number of pyridine rings is 1. The van der Waals surface area contributed by atoms with Crippen LogP contribution in [0.5, 0.6) is 0 Å². The van der Waals surface area contributed by atoms with Crippen molar-refractivity contribution in [2.75, 3.05) is 17.6 Å². The average molecular weight is 272 g/mol. The maximum Gasteiger partial charge on any atom is 0.149 e. The molecule has 84 valence electrons. The first-order valence-electron chi connectivity index (χ1n) is 5.32. The monoisotopic (exact) mass is 271 g/mol. The number of hydrogen-bond acceptors (Lipinski definition) is 3. The van der Waals surface area contributed by atoms with Gasteiger partial charge in [-0.2, -0.15) is 0 Å². The first kappa shape index (κ1) is 12.3. The predicted octanol–water partition coefficient (Wildman–Crippen LogP) is 3.27. The van der Waals surface area contributed by atoms with Crippen LogP contribution >= 0.6 is 15.9 Å². The van der Waals surface area contributed by atoms with Crippen molar-refractivity contribution < 1.29 is 0 Å². The van der Waals surface area contributed by atoms with Gasteiger partial charge in [-0.15, -0.1) is 0 Å². The Morgan fingerprint density at radius 1 is 1.47 bits per heavy atom. The van der Waals surface area contributed by atoms with Gasteiger partial charge in [0, 0.05) is 17.2 Å². The maximum atomic E-state index is 5.84. The molecule has 0 atom stereocenters. The second-order valence-electron chi connectivity index (χ2n) is 3.65. The lowest BCUT2D eigenvalue weighted by Crippen LogP contribution is -2.14. The van der Waals surface area contributed by atoms with Gasteiger partial charge in [0.2, 0.25) is 0 Å². The van der Waals surface area contributed by atoms with E-state index >= 15 is 0 Å². The van der Waals surface area contributed by atoms with E-state index in [4.69, 9.17) is 5.73 Å². The van der Waals surface area contributed by atoms with Crippen molar-refractivity contribution in [2.45, 2.75) is 26.7 Å². The summed E-state index contributed by atoms with van der Waals surface area (Å²) in [6.45, 7) is 5.34. The summed E-state index contributed by atoms with van der Waals surface area (Å²) < 4.78 is 0.910. The molecule has 0 aliphatic rings. The number of hydrogen-bond donors (Lipinski definition) is 2. The molecule has 0 aliphatic heterocycles. The largest absolute Gasteiger partial charge is 0.396 e. The maximum absolute atomic E-state index is 5.84. The van der Waals surface area contributed by atoms with Gasteiger partial charge < -0.3 is 11.1 Å². The second kappa shape index (κ2) is 5.95. The van der Waals surface area contributed by atoms with Crippen molar-refractivity contribution >= 4 is 27.4 Å².